The molecule has 0 aliphatic carbocycles. The molecule has 1 amide bonds. The lowest BCUT2D eigenvalue weighted by Gasteiger charge is -2.29. The lowest BCUT2D eigenvalue weighted by atomic mass is 10.0. The van der Waals surface area contributed by atoms with Gasteiger partial charge in [0.25, 0.3) is 0 Å². The van der Waals surface area contributed by atoms with Crippen molar-refractivity contribution in [3.63, 3.8) is 0 Å². The summed E-state index contributed by atoms with van der Waals surface area (Å²) < 4.78 is 11.5. The van der Waals surface area contributed by atoms with Gasteiger partial charge in [0.15, 0.2) is 11.5 Å². The fourth-order valence-corrected chi connectivity index (χ4v) is 4.23. The van der Waals surface area contributed by atoms with Crippen molar-refractivity contribution in [1.29, 1.82) is 0 Å². The number of aliphatic hydroxyl groups excluding tert-OH is 1. The summed E-state index contributed by atoms with van der Waals surface area (Å²) in [5.74, 6) is 1.42. The van der Waals surface area contributed by atoms with Crippen molar-refractivity contribution in [1.82, 2.24) is 10.2 Å². The van der Waals surface area contributed by atoms with Gasteiger partial charge in [-0.2, -0.15) is 0 Å². The fraction of sp³-hybridized carbons (Fsp3) is 0.708. The Bertz CT molecular complexity index is 661. The Balaban J connectivity index is 1.63. The van der Waals surface area contributed by atoms with E-state index in [0.717, 1.165) is 43.7 Å². The second-order valence-electron chi connectivity index (χ2n) is 8.55. The van der Waals surface area contributed by atoms with Crippen molar-refractivity contribution in [2.24, 2.45) is 0 Å². The number of rotatable bonds is 11. The first-order valence-corrected chi connectivity index (χ1v) is 11.8. The fourth-order valence-electron chi connectivity index (χ4n) is 4.23. The van der Waals surface area contributed by atoms with E-state index in [2.05, 4.69) is 17.1 Å². The summed E-state index contributed by atoms with van der Waals surface area (Å²) in [4.78, 5) is 14.9. The molecule has 2 N–H and O–H groups in total. The van der Waals surface area contributed by atoms with E-state index in [0.29, 0.717) is 31.9 Å². The average molecular weight is 419 g/mol. The van der Waals surface area contributed by atoms with Crippen LogP contribution in [-0.4, -0.2) is 54.8 Å². The number of nitrogens with one attached hydrogen (secondary N) is 1. The minimum absolute atomic E-state index is 0.0316. The van der Waals surface area contributed by atoms with Crippen molar-refractivity contribution < 1.29 is 19.4 Å². The topological polar surface area (TPSA) is 71.0 Å². The number of unbranched alkanes of at least 4 members (excludes halogenated alkanes) is 4. The Morgan fingerprint density at radius 3 is 2.57 bits per heavy atom. The van der Waals surface area contributed by atoms with Gasteiger partial charge in [-0.25, -0.2) is 0 Å². The van der Waals surface area contributed by atoms with Gasteiger partial charge in [-0.1, -0.05) is 38.7 Å². The largest absolute Gasteiger partial charge is 0.490 e. The number of ether oxygens (including phenoxy) is 2. The second-order valence-corrected chi connectivity index (χ2v) is 8.55. The minimum atomic E-state index is -0.785. The molecule has 0 aromatic heterocycles. The maximum atomic E-state index is 12.6. The van der Waals surface area contributed by atoms with Crippen LogP contribution < -0.4 is 14.8 Å². The quantitative estimate of drug-likeness (QED) is 0.535. The van der Waals surface area contributed by atoms with Crippen molar-refractivity contribution in [3.8, 4) is 11.5 Å². The Kier molecular flexibility index (Phi) is 9.27. The molecule has 0 saturated carbocycles. The standard InChI is InChI=1S/C24H38N2O4/c1-2-3-4-5-6-10-23(27)25-20(18-26-13-7-8-14-26)24(28)19-11-12-21-22(17-19)30-16-9-15-29-21/h11-12,17,20,24,28H,2-10,13-16,18H2,1H3,(H,25,27)/t20-,24-/m1/s1. The van der Waals surface area contributed by atoms with E-state index in [1.807, 2.05) is 18.2 Å². The van der Waals surface area contributed by atoms with Crippen LogP contribution in [0.2, 0.25) is 0 Å². The van der Waals surface area contributed by atoms with Crippen LogP contribution in [0.15, 0.2) is 18.2 Å². The van der Waals surface area contributed by atoms with Crippen LogP contribution in [0.3, 0.4) is 0 Å². The van der Waals surface area contributed by atoms with Crippen molar-refractivity contribution >= 4 is 5.91 Å². The molecule has 1 aromatic rings. The van der Waals surface area contributed by atoms with Crippen LogP contribution in [0.25, 0.3) is 0 Å². The summed E-state index contributed by atoms with van der Waals surface area (Å²) in [7, 11) is 0. The third-order valence-corrected chi connectivity index (χ3v) is 6.00. The molecule has 1 fully saturated rings. The van der Waals surface area contributed by atoms with E-state index in [-0.39, 0.29) is 11.9 Å². The summed E-state index contributed by atoms with van der Waals surface area (Å²) in [6.07, 6.45) is 8.54. The molecule has 2 aliphatic heterocycles. The predicted octanol–water partition coefficient (Wildman–Crippen LogP) is 3.82. The zero-order valence-corrected chi connectivity index (χ0v) is 18.4. The van der Waals surface area contributed by atoms with Gasteiger partial charge in [0.2, 0.25) is 5.91 Å². The van der Waals surface area contributed by atoms with Crippen LogP contribution >= 0.6 is 0 Å². The van der Waals surface area contributed by atoms with Crippen LogP contribution in [0.1, 0.15) is 76.4 Å². The van der Waals surface area contributed by atoms with Crippen molar-refractivity contribution in [3.05, 3.63) is 23.8 Å². The molecular weight excluding hydrogens is 380 g/mol. The zero-order valence-electron chi connectivity index (χ0n) is 18.4. The maximum absolute atomic E-state index is 12.6. The summed E-state index contributed by atoms with van der Waals surface area (Å²) in [6.45, 7) is 6.15. The molecule has 168 valence electrons. The summed E-state index contributed by atoms with van der Waals surface area (Å²) >= 11 is 0. The van der Waals surface area contributed by atoms with Gasteiger partial charge in [-0.3, -0.25) is 4.79 Å². The third kappa shape index (κ3) is 6.88. The second kappa shape index (κ2) is 12.2. The Hall–Kier alpha value is -1.79. The van der Waals surface area contributed by atoms with Gasteiger partial charge < -0.3 is 24.8 Å². The molecule has 30 heavy (non-hydrogen) atoms. The molecule has 2 atom stereocenters. The molecule has 3 rings (SSSR count). The van der Waals surface area contributed by atoms with E-state index in [9.17, 15) is 9.90 Å². The molecule has 1 aromatic carbocycles. The Labute approximate surface area is 180 Å². The van der Waals surface area contributed by atoms with Crippen LogP contribution in [0.5, 0.6) is 11.5 Å². The SMILES string of the molecule is CCCCCCCC(=O)N[C@H](CN1CCCC1)[C@H](O)c1ccc2c(c1)OCCCO2. The zero-order chi connectivity index (χ0) is 21.2. The number of aliphatic hydroxyl groups is 1. The Morgan fingerprint density at radius 2 is 1.80 bits per heavy atom. The molecule has 6 nitrogen and oxygen atoms in total. The highest BCUT2D eigenvalue weighted by Gasteiger charge is 2.27. The molecule has 0 unspecified atom stereocenters. The normalized spacial score (nSPS) is 18.6. The summed E-state index contributed by atoms with van der Waals surface area (Å²) in [6, 6.07) is 5.27. The number of benzene rings is 1. The molecular formula is C24H38N2O4. The highest BCUT2D eigenvalue weighted by atomic mass is 16.5. The van der Waals surface area contributed by atoms with E-state index in [4.69, 9.17) is 9.47 Å². The molecule has 0 bridgehead atoms. The molecule has 2 heterocycles. The number of fused-ring (bicyclic) bond motifs is 1. The first-order valence-electron chi connectivity index (χ1n) is 11.8. The molecule has 0 spiro atoms. The smallest absolute Gasteiger partial charge is 0.220 e. The predicted molar refractivity (Wildman–Crippen MR) is 118 cm³/mol. The van der Waals surface area contributed by atoms with Crippen molar-refractivity contribution in [2.45, 2.75) is 76.9 Å². The van der Waals surface area contributed by atoms with E-state index in [1.54, 1.807) is 0 Å². The third-order valence-electron chi connectivity index (χ3n) is 6.00. The van der Waals surface area contributed by atoms with E-state index >= 15 is 0 Å². The average Bonchev–Trinajstić information content (AvgIpc) is 3.15. The summed E-state index contributed by atoms with van der Waals surface area (Å²) in [5.41, 5.74) is 0.756. The molecule has 1 saturated heterocycles. The number of nitrogens with zero attached hydrogens (tertiary/aromatic N) is 1. The molecule has 0 radical (unpaired) electrons. The molecule has 2 aliphatic rings. The van der Waals surface area contributed by atoms with Gasteiger partial charge >= 0.3 is 0 Å². The lowest BCUT2D eigenvalue weighted by molar-refractivity contribution is -0.123. The van der Waals surface area contributed by atoms with Crippen molar-refractivity contribution in [2.75, 3.05) is 32.8 Å². The van der Waals surface area contributed by atoms with Gasteiger partial charge in [-0.05, 0) is 50.0 Å². The number of likely N-dealkylation sites (tertiary alicyclic amines) is 1. The highest BCUT2D eigenvalue weighted by molar-refractivity contribution is 5.76. The van der Waals surface area contributed by atoms with Gasteiger partial charge in [0.05, 0.1) is 19.3 Å². The minimum Gasteiger partial charge on any atom is -0.490 e. The van der Waals surface area contributed by atoms with E-state index in [1.165, 1.54) is 32.1 Å². The molecule has 6 heteroatoms. The number of carbonyl (C=O) groups is 1. The van der Waals surface area contributed by atoms with Crippen LogP contribution in [-0.2, 0) is 4.79 Å². The number of amides is 1. The van der Waals surface area contributed by atoms with Gasteiger partial charge in [0, 0.05) is 19.4 Å². The van der Waals surface area contributed by atoms with Crippen LogP contribution in [0, 0.1) is 0 Å². The van der Waals surface area contributed by atoms with Crippen LogP contribution in [0.4, 0.5) is 0 Å². The summed E-state index contributed by atoms with van der Waals surface area (Å²) in [5, 5.41) is 14.3. The van der Waals surface area contributed by atoms with Gasteiger partial charge in [0.1, 0.15) is 6.10 Å². The number of carbonyl (C=O) groups excluding carboxylic acids is 1. The highest BCUT2D eigenvalue weighted by Crippen LogP contribution is 2.33. The van der Waals surface area contributed by atoms with Gasteiger partial charge in [-0.15, -0.1) is 0 Å². The first kappa shape index (κ1) is 22.9. The maximum Gasteiger partial charge on any atom is 0.220 e. The lowest BCUT2D eigenvalue weighted by Crippen LogP contribution is -2.46. The van der Waals surface area contributed by atoms with E-state index < -0.39 is 6.10 Å². The number of hydrogen-bond acceptors (Lipinski definition) is 5. The number of hydrogen-bond donors (Lipinski definition) is 2. The monoisotopic (exact) mass is 418 g/mol. The first-order chi connectivity index (χ1) is 14.7. The Morgan fingerprint density at radius 1 is 1.07 bits per heavy atom.